The lowest BCUT2D eigenvalue weighted by molar-refractivity contribution is -0.121. The van der Waals surface area contributed by atoms with Gasteiger partial charge in [-0.25, -0.2) is 0 Å². The molecule has 2 aliphatic heterocycles. The SMILES string of the molecule is CCCCCCCCNC1=NCC2[C@@H](O)C(O)C[C@@H](O)N12. The number of hydrogen-bond donors (Lipinski definition) is 4. The molecule has 6 heteroatoms. The molecule has 1 saturated heterocycles. The molecule has 2 heterocycles. The average molecular weight is 299 g/mol. The first kappa shape index (κ1) is 16.5. The van der Waals surface area contributed by atoms with E-state index in [1.54, 1.807) is 4.90 Å². The maximum absolute atomic E-state index is 10.1. The average Bonchev–Trinajstić information content (AvgIpc) is 2.88. The van der Waals surface area contributed by atoms with Gasteiger partial charge in [0.25, 0.3) is 0 Å². The van der Waals surface area contributed by atoms with Crippen LogP contribution in [0.3, 0.4) is 0 Å². The Hall–Kier alpha value is -0.850. The second kappa shape index (κ2) is 7.96. The minimum atomic E-state index is -0.866. The first-order valence-corrected chi connectivity index (χ1v) is 8.26. The highest BCUT2D eigenvalue weighted by molar-refractivity contribution is 5.82. The summed E-state index contributed by atoms with van der Waals surface area (Å²) >= 11 is 0. The second-order valence-corrected chi connectivity index (χ2v) is 6.11. The van der Waals surface area contributed by atoms with E-state index in [1.807, 2.05) is 0 Å². The molecule has 21 heavy (non-hydrogen) atoms. The molecule has 122 valence electrons. The van der Waals surface area contributed by atoms with Gasteiger partial charge in [-0.2, -0.15) is 0 Å². The third kappa shape index (κ3) is 4.08. The number of rotatable bonds is 7. The molecule has 4 atom stereocenters. The highest BCUT2D eigenvalue weighted by atomic mass is 16.3. The Kier molecular flexibility index (Phi) is 6.26. The lowest BCUT2D eigenvalue weighted by Crippen LogP contribution is -2.61. The normalized spacial score (nSPS) is 32.0. The first-order chi connectivity index (χ1) is 10.1. The predicted molar refractivity (Wildman–Crippen MR) is 81.9 cm³/mol. The fourth-order valence-corrected chi connectivity index (χ4v) is 3.12. The van der Waals surface area contributed by atoms with E-state index in [4.69, 9.17) is 0 Å². The molecule has 4 N–H and O–H groups in total. The molecular weight excluding hydrogens is 270 g/mol. The summed E-state index contributed by atoms with van der Waals surface area (Å²) in [6, 6.07) is -0.309. The molecule has 0 aromatic rings. The quantitative estimate of drug-likeness (QED) is 0.512. The number of nitrogens with one attached hydrogen (secondary N) is 1. The van der Waals surface area contributed by atoms with E-state index >= 15 is 0 Å². The van der Waals surface area contributed by atoms with Gasteiger partial charge in [-0.3, -0.25) is 4.99 Å². The van der Waals surface area contributed by atoms with Gasteiger partial charge in [-0.15, -0.1) is 0 Å². The number of aliphatic imine (C=N–C) groups is 1. The van der Waals surface area contributed by atoms with Crippen molar-refractivity contribution in [2.75, 3.05) is 13.1 Å². The van der Waals surface area contributed by atoms with Crippen LogP contribution in [0, 0.1) is 0 Å². The fraction of sp³-hybridized carbons (Fsp3) is 0.933. The van der Waals surface area contributed by atoms with Crippen LogP contribution < -0.4 is 5.32 Å². The van der Waals surface area contributed by atoms with Crippen LogP contribution in [0.15, 0.2) is 4.99 Å². The molecule has 0 aliphatic carbocycles. The zero-order chi connectivity index (χ0) is 15.2. The van der Waals surface area contributed by atoms with Gasteiger partial charge in [0.05, 0.1) is 18.7 Å². The van der Waals surface area contributed by atoms with E-state index in [-0.39, 0.29) is 12.5 Å². The van der Waals surface area contributed by atoms with Crippen LogP contribution in [0.25, 0.3) is 0 Å². The Labute approximate surface area is 126 Å². The lowest BCUT2D eigenvalue weighted by Gasteiger charge is -2.41. The van der Waals surface area contributed by atoms with Gasteiger partial charge in [0.15, 0.2) is 5.96 Å². The number of nitrogens with zero attached hydrogens (tertiary/aromatic N) is 2. The highest BCUT2D eigenvalue weighted by Crippen LogP contribution is 2.26. The van der Waals surface area contributed by atoms with Crippen LogP contribution in [-0.4, -0.2) is 63.7 Å². The summed E-state index contributed by atoms with van der Waals surface area (Å²) in [5, 5.41) is 33.0. The van der Waals surface area contributed by atoms with Crippen molar-refractivity contribution in [3.63, 3.8) is 0 Å². The third-order valence-corrected chi connectivity index (χ3v) is 4.41. The fourth-order valence-electron chi connectivity index (χ4n) is 3.12. The Bertz CT molecular complexity index is 351. The highest BCUT2D eigenvalue weighted by Gasteiger charge is 2.45. The van der Waals surface area contributed by atoms with Gasteiger partial charge in [0.1, 0.15) is 12.3 Å². The number of piperidine rings is 1. The molecule has 2 unspecified atom stereocenters. The number of aliphatic hydroxyl groups is 3. The maximum atomic E-state index is 10.1. The van der Waals surface area contributed by atoms with Crippen LogP contribution in [0.1, 0.15) is 51.9 Å². The Morgan fingerprint density at radius 2 is 1.86 bits per heavy atom. The van der Waals surface area contributed by atoms with E-state index < -0.39 is 18.4 Å². The van der Waals surface area contributed by atoms with Gasteiger partial charge in [0.2, 0.25) is 0 Å². The van der Waals surface area contributed by atoms with E-state index in [1.165, 1.54) is 32.1 Å². The minimum absolute atomic E-state index is 0.162. The smallest absolute Gasteiger partial charge is 0.196 e. The molecule has 0 radical (unpaired) electrons. The molecule has 0 spiro atoms. The van der Waals surface area contributed by atoms with Gasteiger partial charge < -0.3 is 25.5 Å². The lowest BCUT2D eigenvalue weighted by atomic mass is 9.96. The van der Waals surface area contributed by atoms with Crippen molar-refractivity contribution >= 4 is 5.96 Å². The molecule has 0 saturated carbocycles. The largest absolute Gasteiger partial charge is 0.390 e. The summed E-state index contributed by atoms with van der Waals surface area (Å²) < 4.78 is 0. The van der Waals surface area contributed by atoms with E-state index in [2.05, 4.69) is 17.2 Å². The Balaban J connectivity index is 1.70. The van der Waals surface area contributed by atoms with Crippen molar-refractivity contribution in [2.24, 2.45) is 4.99 Å². The standard InChI is InChI=1S/C15H29N3O3/c1-2-3-4-5-6-7-8-16-15-17-10-11-14(21)12(19)9-13(20)18(11)15/h11-14,19-21H,2-10H2,1H3,(H,16,17)/t11?,12?,13-,14-/m1/s1. The van der Waals surface area contributed by atoms with Crippen LogP contribution in [0.4, 0.5) is 0 Å². The predicted octanol–water partition coefficient (Wildman–Crippen LogP) is 0.421. The number of aliphatic hydroxyl groups excluding tert-OH is 3. The number of unbranched alkanes of at least 4 members (excludes halogenated alkanes) is 5. The molecule has 1 fully saturated rings. The van der Waals surface area contributed by atoms with Crippen LogP contribution in [-0.2, 0) is 0 Å². The molecule has 0 aromatic heterocycles. The molecule has 6 nitrogen and oxygen atoms in total. The van der Waals surface area contributed by atoms with E-state index in [0.29, 0.717) is 12.5 Å². The van der Waals surface area contributed by atoms with Gasteiger partial charge >= 0.3 is 0 Å². The summed E-state index contributed by atoms with van der Waals surface area (Å²) in [7, 11) is 0. The summed E-state index contributed by atoms with van der Waals surface area (Å²) in [4.78, 5) is 6.08. The molecule has 2 rings (SSSR count). The third-order valence-electron chi connectivity index (χ3n) is 4.41. The van der Waals surface area contributed by atoms with Crippen molar-refractivity contribution < 1.29 is 15.3 Å². The molecule has 0 aromatic carbocycles. The number of guanidine groups is 1. The van der Waals surface area contributed by atoms with Gasteiger partial charge in [-0.1, -0.05) is 39.0 Å². The molecule has 0 amide bonds. The van der Waals surface area contributed by atoms with Crippen LogP contribution in [0.5, 0.6) is 0 Å². The van der Waals surface area contributed by atoms with Crippen molar-refractivity contribution in [3.05, 3.63) is 0 Å². The zero-order valence-corrected chi connectivity index (χ0v) is 12.9. The summed E-state index contributed by atoms with van der Waals surface area (Å²) in [5.74, 6) is 0.659. The maximum Gasteiger partial charge on any atom is 0.196 e. The topological polar surface area (TPSA) is 88.3 Å². The minimum Gasteiger partial charge on any atom is -0.390 e. The summed E-state index contributed by atoms with van der Waals surface area (Å²) in [6.45, 7) is 3.47. The van der Waals surface area contributed by atoms with E-state index in [0.717, 1.165) is 13.0 Å². The van der Waals surface area contributed by atoms with Crippen molar-refractivity contribution in [1.82, 2.24) is 10.2 Å². The van der Waals surface area contributed by atoms with E-state index in [9.17, 15) is 15.3 Å². The zero-order valence-electron chi connectivity index (χ0n) is 12.9. The van der Waals surface area contributed by atoms with Crippen molar-refractivity contribution in [3.8, 4) is 0 Å². The van der Waals surface area contributed by atoms with Crippen molar-refractivity contribution in [2.45, 2.75) is 76.3 Å². The monoisotopic (exact) mass is 299 g/mol. The summed E-state index contributed by atoms with van der Waals surface area (Å²) in [5.41, 5.74) is 0. The Morgan fingerprint density at radius 3 is 2.62 bits per heavy atom. The first-order valence-electron chi connectivity index (χ1n) is 8.26. The summed E-state index contributed by atoms with van der Waals surface area (Å²) in [6.07, 6.45) is 5.10. The molecule has 0 bridgehead atoms. The molecule has 2 aliphatic rings. The Morgan fingerprint density at radius 1 is 1.14 bits per heavy atom. The van der Waals surface area contributed by atoms with Crippen LogP contribution in [0.2, 0.25) is 0 Å². The van der Waals surface area contributed by atoms with Gasteiger partial charge in [0, 0.05) is 13.0 Å². The number of fused-ring (bicyclic) bond motifs is 1. The molecular formula is C15H29N3O3. The van der Waals surface area contributed by atoms with Crippen molar-refractivity contribution in [1.29, 1.82) is 0 Å². The van der Waals surface area contributed by atoms with Crippen LogP contribution >= 0.6 is 0 Å². The van der Waals surface area contributed by atoms with Gasteiger partial charge in [-0.05, 0) is 6.42 Å². The number of hydrogen-bond acceptors (Lipinski definition) is 6. The second-order valence-electron chi connectivity index (χ2n) is 6.11.